The smallest absolute Gasteiger partial charge is 0.332 e. The monoisotopic (exact) mass is 553 g/mol. The second-order valence-corrected chi connectivity index (χ2v) is 7.20. The lowest BCUT2D eigenvalue weighted by Gasteiger charge is -2.00. The normalized spacial score (nSPS) is 10.0. The Balaban J connectivity index is 0.000000528. The SMILES string of the molecule is Cn1c(=O)c2[nH]cnc2n(C)c1=O.Cn1c(=O)c2[nH]cnc2n(C)c1=O.N.NCCN.O=C(O)/C=C\C(=O)O. The molecular formula is C20H31N11O8. The first-order valence-corrected chi connectivity index (χ1v) is 10.5. The molecule has 0 aromatic carbocycles. The van der Waals surface area contributed by atoms with Gasteiger partial charge in [-0.05, 0) is 0 Å². The molecule has 19 nitrogen and oxygen atoms in total. The third-order valence-electron chi connectivity index (χ3n) is 4.59. The number of nitrogens with zero attached hydrogens (tertiary/aromatic N) is 6. The van der Waals surface area contributed by atoms with Crippen LogP contribution in [-0.4, -0.2) is 73.4 Å². The van der Waals surface area contributed by atoms with E-state index in [1.54, 1.807) is 14.1 Å². The molecule has 11 N–H and O–H groups in total. The Hall–Kier alpha value is -5.14. The number of nitrogens with two attached hydrogens (primary N) is 2. The van der Waals surface area contributed by atoms with Crippen LogP contribution in [0.25, 0.3) is 22.3 Å². The molecule has 0 atom stereocenters. The van der Waals surface area contributed by atoms with E-state index >= 15 is 0 Å². The Labute approximate surface area is 218 Å². The van der Waals surface area contributed by atoms with Gasteiger partial charge in [0.05, 0.1) is 12.7 Å². The van der Waals surface area contributed by atoms with E-state index in [1.165, 1.54) is 35.9 Å². The number of carboxylic acids is 2. The second-order valence-electron chi connectivity index (χ2n) is 7.20. The topological polar surface area (TPSA) is 307 Å². The Bertz CT molecular complexity index is 1560. The molecular weight excluding hydrogens is 522 g/mol. The number of aromatic nitrogens is 8. The minimum atomic E-state index is -1.26. The summed E-state index contributed by atoms with van der Waals surface area (Å²) in [6.07, 6.45) is 3.90. The Morgan fingerprint density at radius 2 is 1.05 bits per heavy atom. The fraction of sp³-hybridized carbons (Fsp3) is 0.300. The number of aryl methyl sites for hydroxylation is 2. The first kappa shape index (κ1) is 33.9. The Morgan fingerprint density at radius 3 is 1.31 bits per heavy atom. The first-order valence-electron chi connectivity index (χ1n) is 10.5. The van der Waals surface area contributed by atoms with Crippen LogP contribution in [0.3, 0.4) is 0 Å². The molecule has 0 aliphatic rings. The van der Waals surface area contributed by atoms with Crippen LogP contribution in [0.2, 0.25) is 0 Å². The van der Waals surface area contributed by atoms with Crippen molar-refractivity contribution in [3.8, 4) is 0 Å². The van der Waals surface area contributed by atoms with E-state index < -0.39 is 11.9 Å². The summed E-state index contributed by atoms with van der Waals surface area (Å²) in [6.45, 7) is 1.19. The van der Waals surface area contributed by atoms with Crippen LogP contribution in [0, 0.1) is 0 Å². The van der Waals surface area contributed by atoms with E-state index in [0.717, 1.165) is 9.13 Å². The summed E-state index contributed by atoms with van der Waals surface area (Å²) < 4.78 is 4.74. The second kappa shape index (κ2) is 15.2. The molecule has 4 heterocycles. The number of nitrogens with one attached hydrogen (secondary N) is 2. The lowest BCUT2D eigenvalue weighted by molar-refractivity contribution is -0.134. The van der Waals surface area contributed by atoms with Gasteiger partial charge in [-0.15, -0.1) is 0 Å². The van der Waals surface area contributed by atoms with Gasteiger partial charge >= 0.3 is 23.3 Å². The molecule has 0 unspecified atom stereocenters. The van der Waals surface area contributed by atoms with E-state index in [0.29, 0.717) is 47.6 Å². The summed E-state index contributed by atoms with van der Waals surface area (Å²) in [5, 5.41) is 15.6. The fourth-order valence-corrected chi connectivity index (χ4v) is 2.68. The van der Waals surface area contributed by atoms with Crippen LogP contribution in [0.15, 0.2) is 44.0 Å². The van der Waals surface area contributed by atoms with Gasteiger partial charge in [-0.3, -0.25) is 27.9 Å². The lowest BCUT2D eigenvalue weighted by atomic mass is 10.5. The van der Waals surface area contributed by atoms with Crippen molar-refractivity contribution in [3.63, 3.8) is 0 Å². The summed E-state index contributed by atoms with van der Waals surface area (Å²) in [5.74, 6) is -2.51. The molecule has 0 saturated heterocycles. The number of hydrogen-bond acceptors (Lipinski definition) is 11. The van der Waals surface area contributed by atoms with Crippen molar-refractivity contribution in [1.29, 1.82) is 0 Å². The van der Waals surface area contributed by atoms with E-state index in [1.807, 2.05) is 0 Å². The highest BCUT2D eigenvalue weighted by Gasteiger charge is 2.10. The molecule has 214 valence electrons. The van der Waals surface area contributed by atoms with Gasteiger partial charge in [0.2, 0.25) is 0 Å². The third-order valence-corrected chi connectivity index (χ3v) is 4.59. The lowest BCUT2D eigenvalue weighted by Crippen LogP contribution is -2.36. The van der Waals surface area contributed by atoms with Gasteiger partial charge in [0.25, 0.3) is 11.1 Å². The van der Waals surface area contributed by atoms with Crippen LogP contribution in [0.1, 0.15) is 0 Å². The van der Waals surface area contributed by atoms with Crippen molar-refractivity contribution in [2.75, 3.05) is 13.1 Å². The number of H-pyrrole nitrogens is 2. The molecule has 39 heavy (non-hydrogen) atoms. The number of aliphatic carboxylic acids is 2. The number of imidazole rings is 2. The van der Waals surface area contributed by atoms with Gasteiger partial charge in [0.1, 0.15) is 11.0 Å². The molecule has 4 aromatic rings. The molecule has 4 rings (SSSR count). The van der Waals surface area contributed by atoms with Crippen molar-refractivity contribution >= 4 is 34.3 Å². The molecule has 0 fully saturated rings. The maximum Gasteiger partial charge on any atom is 0.332 e. The maximum atomic E-state index is 11.4. The molecule has 0 bridgehead atoms. The molecule has 0 spiro atoms. The summed E-state index contributed by atoms with van der Waals surface area (Å²) >= 11 is 0. The number of aromatic amines is 2. The highest BCUT2D eigenvalue weighted by atomic mass is 16.4. The summed E-state index contributed by atoms with van der Waals surface area (Å²) in [6, 6.07) is 0. The van der Waals surface area contributed by atoms with Crippen molar-refractivity contribution in [3.05, 3.63) is 66.5 Å². The number of carbonyl (C=O) groups is 2. The highest BCUT2D eigenvalue weighted by molar-refractivity contribution is 5.89. The standard InChI is InChI=1S/2C7H8N4O2.C4H4O4.C2H8N2.H3N/c2*1-10-5-4(8-3-9-5)6(12)11(2)7(10)13;5-3(6)1-2-4(7)8;3-1-2-4;/h2*3H,1-2H3,(H,8,9);1-2H,(H,5,6)(H,7,8);1-4H2;1H3/b;;2-1-;;. The molecule has 0 aliphatic heterocycles. The fourth-order valence-electron chi connectivity index (χ4n) is 2.68. The Kier molecular flexibility index (Phi) is 13.2. The van der Waals surface area contributed by atoms with Crippen molar-refractivity contribution in [2.45, 2.75) is 0 Å². The van der Waals surface area contributed by atoms with Gasteiger partial charge in [-0.25, -0.2) is 29.1 Å². The van der Waals surface area contributed by atoms with Crippen LogP contribution in [0.4, 0.5) is 0 Å². The highest BCUT2D eigenvalue weighted by Crippen LogP contribution is 1.98. The maximum absolute atomic E-state index is 11.4. The van der Waals surface area contributed by atoms with Crippen molar-refractivity contribution in [1.82, 2.24) is 44.4 Å². The van der Waals surface area contributed by atoms with Crippen LogP contribution >= 0.6 is 0 Å². The minimum absolute atomic E-state index is 0. The van der Waals surface area contributed by atoms with Crippen LogP contribution in [0.5, 0.6) is 0 Å². The van der Waals surface area contributed by atoms with Gasteiger partial charge in [-0.2, -0.15) is 0 Å². The van der Waals surface area contributed by atoms with Gasteiger partial charge in [0.15, 0.2) is 11.3 Å². The molecule has 19 heteroatoms. The summed E-state index contributed by atoms with van der Waals surface area (Å²) in [4.78, 5) is 77.9. The molecule has 0 saturated carbocycles. The zero-order chi connectivity index (χ0) is 29.2. The van der Waals surface area contributed by atoms with E-state index in [4.69, 9.17) is 21.7 Å². The number of fused-ring (bicyclic) bond motifs is 2. The number of hydrogen-bond donors (Lipinski definition) is 7. The average Bonchev–Trinajstić information content (AvgIpc) is 3.59. The predicted octanol–water partition coefficient (Wildman–Crippen LogP) is -3.30. The number of rotatable bonds is 3. The first-order chi connectivity index (χ1) is 17.8. The summed E-state index contributed by atoms with van der Waals surface area (Å²) in [7, 11) is 6.02. The van der Waals surface area contributed by atoms with Crippen LogP contribution in [-0.2, 0) is 37.8 Å². The van der Waals surface area contributed by atoms with Gasteiger partial charge in [0, 0.05) is 53.4 Å². The van der Waals surface area contributed by atoms with E-state index in [9.17, 15) is 28.8 Å². The number of carboxylic acid groups (broad SMARTS) is 2. The quantitative estimate of drug-likeness (QED) is 0.122. The largest absolute Gasteiger partial charge is 0.478 e. The zero-order valence-electron chi connectivity index (χ0n) is 21.6. The molecule has 0 radical (unpaired) electrons. The molecule has 0 amide bonds. The predicted molar refractivity (Wildman–Crippen MR) is 141 cm³/mol. The zero-order valence-corrected chi connectivity index (χ0v) is 21.6. The van der Waals surface area contributed by atoms with Crippen molar-refractivity contribution < 1.29 is 19.8 Å². The van der Waals surface area contributed by atoms with E-state index in [2.05, 4.69) is 19.9 Å². The van der Waals surface area contributed by atoms with Gasteiger partial charge < -0.3 is 37.8 Å². The van der Waals surface area contributed by atoms with Crippen molar-refractivity contribution in [2.24, 2.45) is 39.7 Å². The molecule has 4 aromatic heterocycles. The third kappa shape index (κ3) is 8.45. The molecule has 0 aliphatic carbocycles. The van der Waals surface area contributed by atoms with Gasteiger partial charge in [-0.1, -0.05) is 0 Å². The van der Waals surface area contributed by atoms with E-state index in [-0.39, 0.29) is 28.6 Å². The van der Waals surface area contributed by atoms with Crippen LogP contribution < -0.4 is 40.1 Å². The average molecular weight is 554 g/mol. The Morgan fingerprint density at radius 1 is 0.744 bits per heavy atom. The summed E-state index contributed by atoms with van der Waals surface area (Å²) in [5.41, 5.74) is 9.83. The minimum Gasteiger partial charge on any atom is -0.478 e.